The first-order valence-corrected chi connectivity index (χ1v) is 6.83. The third-order valence-electron chi connectivity index (χ3n) is 3.32. The van der Waals surface area contributed by atoms with Crippen molar-refractivity contribution >= 4 is 11.6 Å². The predicted octanol–water partition coefficient (Wildman–Crippen LogP) is 1.90. The monoisotopic (exact) mass is 272 g/mol. The van der Waals surface area contributed by atoms with Crippen LogP contribution in [0.2, 0.25) is 0 Å². The maximum absolute atomic E-state index is 12.4. The highest BCUT2D eigenvalue weighted by molar-refractivity contribution is 5.95. The summed E-state index contributed by atoms with van der Waals surface area (Å²) in [7, 11) is 0. The molecule has 1 aliphatic rings. The van der Waals surface area contributed by atoms with Crippen LogP contribution in [-0.2, 0) is 4.74 Å². The second-order valence-electron chi connectivity index (χ2n) is 4.71. The molecule has 1 aromatic rings. The minimum absolute atomic E-state index is 0.0799. The van der Waals surface area contributed by atoms with E-state index in [0.29, 0.717) is 32.8 Å². The van der Waals surface area contributed by atoms with E-state index >= 15 is 0 Å². The van der Waals surface area contributed by atoms with Gasteiger partial charge in [0, 0.05) is 24.3 Å². The highest BCUT2D eigenvalue weighted by atomic mass is 16.5. The van der Waals surface area contributed by atoms with Gasteiger partial charge in [-0.1, -0.05) is 5.92 Å². The lowest BCUT2D eigenvalue weighted by Crippen LogP contribution is -2.40. The third kappa shape index (κ3) is 3.52. The molecule has 0 atom stereocenters. The van der Waals surface area contributed by atoms with Crippen LogP contribution >= 0.6 is 0 Å². The van der Waals surface area contributed by atoms with Crippen LogP contribution in [0.3, 0.4) is 0 Å². The molecule has 0 aromatic heterocycles. The number of rotatable bonds is 3. The van der Waals surface area contributed by atoms with Crippen molar-refractivity contribution in [3.8, 4) is 11.8 Å². The molecular weight excluding hydrogens is 252 g/mol. The first-order chi connectivity index (χ1) is 9.72. The zero-order chi connectivity index (χ0) is 14.4. The molecule has 0 saturated carbocycles. The van der Waals surface area contributed by atoms with E-state index in [2.05, 4.69) is 17.2 Å². The van der Waals surface area contributed by atoms with Gasteiger partial charge in [-0.05, 0) is 37.6 Å². The van der Waals surface area contributed by atoms with Gasteiger partial charge in [0.25, 0.3) is 5.91 Å². The number of carbonyl (C=O) groups is 1. The van der Waals surface area contributed by atoms with Crippen LogP contribution < -0.4 is 5.32 Å². The Morgan fingerprint density at radius 3 is 2.80 bits per heavy atom. The molecule has 4 nitrogen and oxygen atoms in total. The molecule has 0 spiro atoms. The molecule has 0 bridgehead atoms. The number of hydrogen-bond acceptors (Lipinski definition) is 3. The van der Waals surface area contributed by atoms with Gasteiger partial charge in [-0.15, -0.1) is 5.92 Å². The Bertz CT molecular complexity index is 537. The van der Waals surface area contributed by atoms with Gasteiger partial charge in [-0.25, -0.2) is 0 Å². The Labute approximate surface area is 120 Å². The second kappa shape index (κ2) is 6.97. The fourth-order valence-corrected chi connectivity index (χ4v) is 2.17. The standard InChI is InChI=1S/C16H20N2O2/c1-3-4-7-17-15-6-5-14(12-13(15)2)16(19)18-8-10-20-11-9-18/h5-6,12,17H,7-11H2,1-2H3. The molecule has 2 rings (SSSR count). The van der Waals surface area contributed by atoms with E-state index in [-0.39, 0.29) is 5.91 Å². The SMILES string of the molecule is CC#CCNc1ccc(C(=O)N2CCOCC2)cc1C. The summed E-state index contributed by atoms with van der Waals surface area (Å²) in [5.74, 6) is 5.89. The summed E-state index contributed by atoms with van der Waals surface area (Å²) in [4.78, 5) is 14.2. The molecule has 106 valence electrons. The molecule has 0 radical (unpaired) electrons. The number of nitrogens with one attached hydrogen (secondary N) is 1. The average molecular weight is 272 g/mol. The van der Waals surface area contributed by atoms with Gasteiger partial charge in [-0.2, -0.15) is 0 Å². The fourth-order valence-electron chi connectivity index (χ4n) is 2.17. The van der Waals surface area contributed by atoms with E-state index in [1.165, 1.54) is 0 Å². The van der Waals surface area contributed by atoms with Crippen molar-refractivity contribution in [3.63, 3.8) is 0 Å². The summed E-state index contributed by atoms with van der Waals surface area (Å²) in [6.45, 7) is 7.03. The summed E-state index contributed by atoms with van der Waals surface area (Å²) < 4.78 is 5.27. The number of aryl methyl sites for hydroxylation is 1. The summed E-state index contributed by atoms with van der Waals surface area (Å²) >= 11 is 0. The Hall–Kier alpha value is -1.99. The minimum atomic E-state index is 0.0799. The molecule has 0 unspecified atom stereocenters. The molecule has 4 heteroatoms. The van der Waals surface area contributed by atoms with Gasteiger partial charge in [0.05, 0.1) is 19.8 Å². The lowest BCUT2D eigenvalue weighted by atomic mass is 10.1. The lowest BCUT2D eigenvalue weighted by molar-refractivity contribution is 0.0303. The van der Waals surface area contributed by atoms with Gasteiger partial charge in [0.1, 0.15) is 0 Å². The van der Waals surface area contributed by atoms with Crippen LogP contribution in [-0.4, -0.2) is 43.7 Å². The largest absolute Gasteiger partial charge is 0.378 e. The summed E-state index contributed by atoms with van der Waals surface area (Å²) in [6, 6.07) is 5.74. The van der Waals surface area contributed by atoms with Crippen molar-refractivity contribution in [2.24, 2.45) is 0 Å². The van der Waals surface area contributed by atoms with Gasteiger partial charge >= 0.3 is 0 Å². The first kappa shape index (κ1) is 14.4. The van der Waals surface area contributed by atoms with E-state index < -0.39 is 0 Å². The summed E-state index contributed by atoms with van der Waals surface area (Å²) in [5.41, 5.74) is 2.81. The normalized spacial score (nSPS) is 14.4. The summed E-state index contributed by atoms with van der Waals surface area (Å²) in [5, 5.41) is 3.24. The van der Waals surface area contributed by atoms with Crippen molar-refractivity contribution < 1.29 is 9.53 Å². The van der Waals surface area contributed by atoms with E-state index in [0.717, 1.165) is 16.8 Å². The number of morpholine rings is 1. The van der Waals surface area contributed by atoms with Crippen molar-refractivity contribution in [2.75, 3.05) is 38.2 Å². The quantitative estimate of drug-likeness (QED) is 0.855. The predicted molar refractivity (Wildman–Crippen MR) is 79.8 cm³/mol. The number of carbonyl (C=O) groups excluding carboxylic acids is 1. The van der Waals surface area contributed by atoms with Crippen molar-refractivity contribution in [2.45, 2.75) is 13.8 Å². The van der Waals surface area contributed by atoms with Gasteiger partial charge in [0.2, 0.25) is 0 Å². The van der Waals surface area contributed by atoms with Crippen molar-refractivity contribution in [3.05, 3.63) is 29.3 Å². The van der Waals surface area contributed by atoms with Crippen LogP contribution in [0.4, 0.5) is 5.69 Å². The molecule has 1 saturated heterocycles. The number of hydrogen-bond donors (Lipinski definition) is 1. The molecule has 1 amide bonds. The van der Waals surface area contributed by atoms with Crippen LogP contribution in [0.15, 0.2) is 18.2 Å². The molecule has 1 heterocycles. The van der Waals surface area contributed by atoms with Crippen molar-refractivity contribution in [1.82, 2.24) is 4.90 Å². The lowest BCUT2D eigenvalue weighted by Gasteiger charge is -2.27. The zero-order valence-electron chi connectivity index (χ0n) is 12.0. The van der Waals surface area contributed by atoms with Crippen LogP contribution in [0.5, 0.6) is 0 Å². The molecular formula is C16H20N2O2. The molecule has 20 heavy (non-hydrogen) atoms. The Balaban J connectivity index is 2.06. The van der Waals surface area contributed by atoms with Crippen molar-refractivity contribution in [1.29, 1.82) is 0 Å². The molecule has 0 aliphatic carbocycles. The number of nitrogens with zero attached hydrogens (tertiary/aromatic N) is 1. The first-order valence-electron chi connectivity index (χ1n) is 6.83. The van der Waals surface area contributed by atoms with E-state index in [1.54, 1.807) is 0 Å². The average Bonchev–Trinajstić information content (AvgIpc) is 2.49. The number of amides is 1. The van der Waals surface area contributed by atoms with E-state index in [1.807, 2.05) is 36.9 Å². The topological polar surface area (TPSA) is 41.6 Å². The Kier molecular flexibility index (Phi) is 5.03. The smallest absolute Gasteiger partial charge is 0.254 e. The van der Waals surface area contributed by atoms with Crippen LogP contribution in [0, 0.1) is 18.8 Å². The second-order valence-corrected chi connectivity index (χ2v) is 4.71. The van der Waals surface area contributed by atoms with E-state index in [4.69, 9.17) is 4.74 Å². The Morgan fingerprint density at radius 2 is 2.15 bits per heavy atom. The number of anilines is 1. The van der Waals surface area contributed by atoms with Gasteiger partial charge in [-0.3, -0.25) is 4.79 Å². The molecule has 1 aliphatic heterocycles. The van der Waals surface area contributed by atoms with Gasteiger partial charge < -0.3 is 15.0 Å². The number of ether oxygens (including phenoxy) is 1. The Morgan fingerprint density at radius 1 is 1.40 bits per heavy atom. The number of benzene rings is 1. The molecule has 1 aromatic carbocycles. The molecule has 1 fully saturated rings. The van der Waals surface area contributed by atoms with Crippen LogP contribution in [0.1, 0.15) is 22.8 Å². The summed E-state index contributed by atoms with van der Waals surface area (Å²) in [6.07, 6.45) is 0. The van der Waals surface area contributed by atoms with Gasteiger partial charge in [0.15, 0.2) is 0 Å². The third-order valence-corrected chi connectivity index (χ3v) is 3.32. The van der Waals surface area contributed by atoms with Crippen LogP contribution in [0.25, 0.3) is 0 Å². The zero-order valence-corrected chi connectivity index (χ0v) is 12.0. The van der Waals surface area contributed by atoms with E-state index in [9.17, 15) is 4.79 Å². The fraction of sp³-hybridized carbons (Fsp3) is 0.438. The highest BCUT2D eigenvalue weighted by Gasteiger charge is 2.18. The molecule has 1 N–H and O–H groups in total. The maximum atomic E-state index is 12.4. The maximum Gasteiger partial charge on any atom is 0.254 e. The highest BCUT2D eigenvalue weighted by Crippen LogP contribution is 2.18. The minimum Gasteiger partial charge on any atom is -0.378 e.